The average molecular weight is 469 g/mol. The van der Waals surface area contributed by atoms with Gasteiger partial charge in [0.1, 0.15) is 11.6 Å². The van der Waals surface area contributed by atoms with E-state index in [1.807, 2.05) is 41.3 Å². The molecular weight excluding hydrogens is 436 g/mol. The van der Waals surface area contributed by atoms with Crippen LogP contribution < -0.4 is 4.74 Å². The van der Waals surface area contributed by atoms with Crippen molar-refractivity contribution >= 4 is 16.9 Å². The van der Waals surface area contributed by atoms with E-state index in [4.69, 9.17) is 9.72 Å². The zero-order valence-corrected chi connectivity index (χ0v) is 20.3. The number of imidazole rings is 1. The molecule has 0 spiro atoms. The molecule has 0 atom stereocenters. The van der Waals surface area contributed by atoms with Gasteiger partial charge in [0.25, 0.3) is 0 Å². The van der Waals surface area contributed by atoms with E-state index in [0.717, 1.165) is 68.3 Å². The van der Waals surface area contributed by atoms with Gasteiger partial charge in [-0.1, -0.05) is 54.6 Å². The van der Waals surface area contributed by atoms with Crippen molar-refractivity contribution in [3.8, 4) is 5.75 Å². The summed E-state index contributed by atoms with van der Waals surface area (Å²) in [6, 6.07) is 26.8. The Bertz CT molecular complexity index is 1260. The Morgan fingerprint density at radius 1 is 0.829 bits per heavy atom. The number of carbonyl (C=O) groups excluding carboxylic acids is 1. The molecule has 3 aromatic carbocycles. The number of carbonyl (C=O) groups is 1. The molecule has 1 aliphatic rings. The van der Waals surface area contributed by atoms with Crippen LogP contribution in [0.4, 0.5) is 0 Å². The van der Waals surface area contributed by atoms with Gasteiger partial charge in [0.05, 0.1) is 24.7 Å². The summed E-state index contributed by atoms with van der Waals surface area (Å²) in [5.41, 5.74) is 4.63. The van der Waals surface area contributed by atoms with Crippen molar-refractivity contribution in [3.63, 3.8) is 0 Å². The summed E-state index contributed by atoms with van der Waals surface area (Å²) in [4.78, 5) is 22.2. The van der Waals surface area contributed by atoms with E-state index in [2.05, 4.69) is 51.9 Å². The fraction of sp³-hybridized carbons (Fsp3) is 0.310. The van der Waals surface area contributed by atoms with E-state index in [1.165, 1.54) is 11.1 Å². The lowest BCUT2D eigenvalue weighted by Gasteiger charge is -2.34. The van der Waals surface area contributed by atoms with E-state index >= 15 is 0 Å². The summed E-state index contributed by atoms with van der Waals surface area (Å²) in [6.45, 7) is 4.85. The smallest absolute Gasteiger partial charge is 0.222 e. The number of benzene rings is 3. The molecule has 0 N–H and O–H groups in total. The van der Waals surface area contributed by atoms with E-state index in [1.54, 1.807) is 7.11 Å². The predicted molar refractivity (Wildman–Crippen MR) is 138 cm³/mol. The molecule has 4 aromatic rings. The van der Waals surface area contributed by atoms with Crippen molar-refractivity contribution in [1.29, 1.82) is 0 Å². The fourth-order valence-electron chi connectivity index (χ4n) is 4.75. The van der Waals surface area contributed by atoms with Crippen molar-refractivity contribution < 1.29 is 9.53 Å². The van der Waals surface area contributed by atoms with Gasteiger partial charge in [-0.25, -0.2) is 4.98 Å². The summed E-state index contributed by atoms with van der Waals surface area (Å²) in [6.07, 6.45) is 1.30. The summed E-state index contributed by atoms with van der Waals surface area (Å²) in [7, 11) is 1.66. The lowest BCUT2D eigenvalue weighted by atomic mass is 10.1. The Balaban J connectivity index is 1.19. The SMILES string of the molecule is COc1ccc(CCC(=O)N2CCN(Cc3nc4ccccc4n3Cc3ccccc3)CC2)cc1. The monoisotopic (exact) mass is 468 g/mol. The van der Waals surface area contributed by atoms with Gasteiger partial charge in [0, 0.05) is 39.1 Å². The molecule has 1 saturated heterocycles. The molecule has 2 heterocycles. The summed E-state index contributed by atoms with van der Waals surface area (Å²) >= 11 is 0. The highest BCUT2D eigenvalue weighted by molar-refractivity contribution is 5.77. The zero-order chi connectivity index (χ0) is 24.0. The van der Waals surface area contributed by atoms with Crippen LogP contribution in [-0.4, -0.2) is 58.5 Å². The third-order valence-corrected chi connectivity index (χ3v) is 6.79. The Morgan fingerprint density at radius 3 is 2.29 bits per heavy atom. The van der Waals surface area contributed by atoms with Crippen LogP contribution in [0.25, 0.3) is 11.0 Å². The van der Waals surface area contributed by atoms with Gasteiger partial charge in [-0.15, -0.1) is 0 Å². The van der Waals surface area contributed by atoms with Gasteiger partial charge >= 0.3 is 0 Å². The Morgan fingerprint density at radius 2 is 1.54 bits per heavy atom. The van der Waals surface area contributed by atoms with Gasteiger partial charge in [-0.05, 0) is 41.8 Å². The summed E-state index contributed by atoms with van der Waals surface area (Å²) < 4.78 is 7.54. The van der Waals surface area contributed by atoms with Crippen molar-refractivity contribution in [2.24, 2.45) is 0 Å². The van der Waals surface area contributed by atoms with E-state index in [9.17, 15) is 4.79 Å². The van der Waals surface area contributed by atoms with Crippen molar-refractivity contribution in [2.75, 3.05) is 33.3 Å². The molecule has 5 rings (SSSR count). The molecule has 6 heteroatoms. The number of hydrogen-bond acceptors (Lipinski definition) is 4. The molecule has 0 unspecified atom stereocenters. The van der Waals surface area contributed by atoms with E-state index < -0.39 is 0 Å². The van der Waals surface area contributed by atoms with Crippen LogP contribution in [0, 0.1) is 0 Å². The largest absolute Gasteiger partial charge is 0.497 e. The second-order valence-electron chi connectivity index (χ2n) is 9.09. The molecule has 6 nitrogen and oxygen atoms in total. The lowest BCUT2D eigenvalue weighted by molar-refractivity contribution is -0.133. The number of methoxy groups -OCH3 is 1. The Kier molecular flexibility index (Phi) is 7.09. The quantitative estimate of drug-likeness (QED) is 0.385. The number of aryl methyl sites for hydroxylation is 1. The van der Waals surface area contributed by atoms with Crippen LogP contribution in [0.1, 0.15) is 23.4 Å². The van der Waals surface area contributed by atoms with E-state index in [-0.39, 0.29) is 5.91 Å². The number of hydrogen-bond donors (Lipinski definition) is 0. The number of aromatic nitrogens is 2. The van der Waals surface area contributed by atoms with Gasteiger partial charge in [0.2, 0.25) is 5.91 Å². The minimum Gasteiger partial charge on any atom is -0.497 e. The topological polar surface area (TPSA) is 50.6 Å². The molecule has 0 saturated carbocycles. The minimum atomic E-state index is 0.233. The second kappa shape index (κ2) is 10.7. The molecule has 1 fully saturated rings. The second-order valence-corrected chi connectivity index (χ2v) is 9.09. The van der Waals surface area contributed by atoms with E-state index in [0.29, 0.717) is 6.42 Å². The Hall–Kier alpha value is -3.64. The van der Waals surface area contributed by atoms with Crippen LogP contribution in [0.5, 0.6) is 5.75 Å². The molecule has 0 radical (unpaired) electrons. The first-order valence-electron chi connectivity index (χ1n) is 12.3. The molecular formula is C29H32N4O2. The lowest BCUT2D eigenvalue weighted by Crippen LogP contribution is -2.48. The number of fused-ring (bicyclic) bond motifs is 1. The van der Waals surface area contributed by atoms with Crippen LogP contribution in [-0.2, 0) is 24.3 Å². The summed E-state index contributed by atoms with van der Waals surface area (Å²) in [5.74, 6) is 2.15. The predicted octanol–water partition coefficient (Wildman–Crippen LogP) is 4.37. The maximum Gasteiger partial charge on any atom is 0.222 e. The first-order chi connectivity index (χ1) is 17.2. The van der Waals surface area contributed by atoms with Crippen LogP contribution >= 0.6 is 0 Å². The maximum atomic E-state index is 12.8. The molecule has 35 heavy (non-hydrogen) atoms. The first-order valence-corrected chi connectivity index (χ1v) is 12.3. The minimum absolute atomic E-state index is 0.233. The van der Waals surface area contributed by atoms with Gasteiger partial charge in [-0.2, -0.15) is 0 Å². The highest BCUT2D eigenvalue weighted by Gasteiger charge is 2.22. The molecule has 1 amide bonds. The zero-order valence-electron chi connectivity index (χ0n) is 20.3. The Labute approximate surface area is 206 Å². The molecule has 1 aliphatic heterocycles. The number of para-hydroxylation sites is 2. The molecule has 0 bridgehead atoms. The van der Waals surface area contributed by atoms with Crippen molar-refractivity contribution in [2.45, 2.75) is 25.9 Å². The normalized spacial score (nSPS) is 14.4. The average Bonchev–Trinajstić information content (AvgIpc) is 3.25. The van der Waals surface area contributed by atoms with Gasteiger partial charge in [0.15, 0.2) is 0 Å². The molecule has 1 aromatic heterocycles. The molecule has 0 aliphatic carbocycles. The third-order valence-electron chi connectivity index (χ3n) is 6.79. The first kappa shape index (κ1) is 23.1. The number of piperazine rings is 1. The van der Waals surface area contributed by atoms with Gasteiger partial charge < -0.3 is 14.2 Å². The highest BCUT2D eigenvalue weighted by atomic mass is 16.5. The number of rotatable bonds is 8. The third kappa shape index (κ3) is 5.54. The van der Waals surface area contributed by atoms with Crippen LogP contribution in [0.2, 0.25) is 0 Å². The fourth-order valence-corrected chi connectivity index (χ4v) is 4.75. The van der Waals surface area contributed by atoms with Crippen molar-refractivity contribution in [1.82, 2.24) is 19.4 Å². The maximum absolute atomic E-state index is 12.8. The molecule has 180 valence electrons. The van der Waals surface area contributed by atoms with Crippen molar-refractivity contribution in [3.05, 3.63) is 95.8 Å². The van der Waals surface area contributed by atoms with Gasteiger partial charge in [-0.3, -0.25) is 9.69 Å². The van der Waals surface area contributed by atoms with Crippen LogP contribution in [0.15, 0.2) is 78.9 Å². The van der Waals surface area contributed by atoms with Crippen LogP contribution in [0.3, 0.4) is 0 Å². The number of nitrogens with zero attached hydrogens (tertiary/aromatic N) is 4. The highest BCUT2D eigenvalue weighted by Crippen LogP contribution is 2.20. The number of amides is 1. The summed E-state index contributed by atoms with van der Waals surface area (Å²) in [5, 5.41) is 0. The number of ether oxygens (including phenoxy) is 1. The standard InChI is InChI=1S/C29H32N4O2/c1-35-25-14-11-23(12-15-25)13-16-29(34)32-19-17-31(18-20-32)22-28-30-26-9-5-6-10-27(26)33(28)21-24-7-3-2-4-8-24/h2-12,14-15H,13,16-22H2,1H3.